The third kappa shape index (κ3) is 3.32. The zero-order chi connectivity index (χ0) is 20.5. The van der Waals surface area contributed by atoms with Gasteiger partial charge in [0.05, 0.1) is 18.0 Å². The Labute approximate surface area is 176 Å². The van der Waals surface area contributed by atoms with Crippen molar-refractivity contribution in [2.75, 3.05) is 0 Å². The van der Waals surface area contributed by atoms with Gasteiger partial charge in [-0.1, -0.05) is 40.2 Å². The van der Waals surface area contributed by atoms with Crippen molar-refractivity contribution in [3.05, 3.63) is 104 Å². The molecule has 0 saturated carbocycles. The Morgan fingerprint density at radius 3 is 2.79 bits per heavy atom. The van der Waals surface area contributed by atoms with Crippen LogP contribution in [0.5, 0.6) is 5.75 Å². The number of nitrogens with two attached hydrogens (primary N) is 1. The summed E-state index contributed by atoms with van der Waals surface area (Å²) in [6.45, 7) is 2.21. The highest BCUT2D eigenvalue weighted by Crippen LogP contribution is 2.42. The summed E-state index contributed by atoms with van der Waals surface area (Å²) in [5.74, 6) is -0.218. The lowest BCUT2D eigenvalue weighted by atomic mass is 9.84. The molecule has 29 heavy (non-hydrogen) atoms. The van der Waals surface area contributed by atoms with Gasteiger partial charge in [0.1, 0.15) is 17.4 Å². The molecular formula is C22H17BrN4O2. The summed E-state index contributed by atoms with van der Waals surface area (Å²) in [4.78, 5) is 17.7. The van der Waals surface area contributed by atoms with Crippen LogP contribution in [0.2, 0.25) is 0 Å². The van der Waals surface area contributed by atoms with Crippen LogP contribution in [0.15, 0.2) is 75.6 Å². The fraction of sp³-hybridized carbons (Fsp3) is 0.136. The third-order valence-corrected chi connectivity index (χ3v) is 5.69. The number of aromatic nitrogens is 2. The number of benzene rings is 1. The maximum absolute atomic E-state index is 13.6. The highest BCUT2D eigenvalue weighted by atomic mass is 79.9. The predicted octanol–water partition coefficient (Wildman–Crippen LogP) is 3.58. The number of allylic oxidation sites excluding steroid dienone is 1. The first-order valence-electron chi connectivity index (χ1n) is 8.96. The first-order valence-corrected chi connectivity index (χ1v) is 9.75. The SMILES string of the molecule is Cc1cc2c(c(=O)n1Cc1cccnc1)[C@@H](c1ccccc1Br)C(C#N)=C(N)O2. The average molecular weight is 449 g/mol. The Morgan fingerprint density at radius 2 is 2.10 bits per heavy atom. The fourth-order valence-electron chi connectivity index (χ4n) is 3.58. The highest BCUT2D eigenvalue weighted by molar-refractivity contribution is 9.10. The molecular weight excluding hydrogens is 432 g/mol. The van der Waals surface area contributed by atoms with Crippen LogP contribution in [-0.2, 0) is 6.54 Å². The molecule has 0 amide bonds. The summed E-state index contributed by atoms with van der Waals surface area (Å²) in [6.07, 6.45) is 3.42. The van der Waals surface area contributed by atoms with Crippen molar-refractivity contribution in [2.24, 2.45) is 5.73 Å². The van der Waals surface area contributed by atoms with E-state index in [9.17, 15) is 10.1 Å². The lowest BCUT2D eigenvalue weighted by Gasteiger charge is -2.28. The summed E-state index contributed by atoms with van der Waals surface area (Å²) < 4.78 is 8.14. The first-order chi connectivity index (χ1) is 14.0. The van der Waals surface area contributed by atoms with E-state index >= 15 is 0 Å². The van der Waals surface area contributed by atoms with E-state index in [1.165, 1.54) is 0 Å². The molecule has 0 bridgehead atoms. The highest BCUT2D eigenvalue weighted by Gasteiger charge is 2.35. The molecule has 0 spiro atoms. The van der Waals surface area contributed by atoms with E-state index in [1.54, 1.807) is 23.0 Å². The maximum atomic E-state index is 13.6. The molecule has 0 radical (unpaired) electrons. The van der Waals surface area contributed by atoms with Gasteiger partial charge in [-0.05, 0) is 30.2 Å². The van der Waals surface area contributed by atoms with Gasteiger partial charge < -0.3 is 15.0 Å². The maximum Gasteiger partial charge on any atom is 0.259 e. The number of halogens is 1. The molecule has 6 nitrogen and oxygen atoms in total. The summed E-state index contributed by atoms with van der Waals surface area (Å²) in [5, 5.41) is 9.76. The molecule has 3 heterocycles. The first kappa shape index (κ1) is 19.0. The van der Waals surface area contributed by atoms with E-state index in [0.717, 1.165) is 21.3 Å². The number of nitriles is 1. The van der Waals surface area contributed by atoms with Crippen molar-refractivity contribution in [3.63, 3.8) is 0 Å². The molecule has 1 atom stereocenters. The van der Waals surface area contributed by atoms with Crippen molar-refractivity contribution < 1.29 is 4.74 Å². The van der Waals surface area contributed by atoms with Crippen molar-refractivity contribution >= 4 is 15.9 Å². The molecule has 0 fully saturated rings. The van der Waals surface area contributed by atoms with E-state index in [0.29, 0.717) is 17.9 Å². The molecule has 0 unspecified atom stereocenters. The Morgan fingerprint density at radius 1 is 1.31 bits per heavy atom. The topological polar surface area (TPSA) is 93.9 Å². The molecule has 1 aliphatic rings. The van der Waals surface area contributed by atoms with Crippen molar-refractivity contribution in [1.82, 2.24) is 9.55 Å². The minimum absolute atomic E-state index is 0.0181. The number of hydrogen-bond acceptors (Lipinski definition) is 5. The van der Waals surface area contributed by atoms with Crippen LogP contribution in [0.1, 0.15) is 28.3 Å². The monoisotopic (exact) mass is 448 g/mol. The van der Waals surface area contributed by atoms with Gasteiger partial charge >= 0.3 is 0 Å². The van der Waals surface area contributed by atoms with Crippen molar-refractivity contribution in [3.8, 4) is 11.8 Å². The molecule has 2 aromatic heterocycles. The zero-order valence-corrected chi connectivity index (χ0v) is 17.2. The van der Waals surface area contributed by atoms with Gasteiger partial charge in [-0.25, -0.2) is 0 Å². The van der Waals surface area contributed by atoms with Crippen LogP contribution in [0.25, 0.3) is 0 Å². The van der Waals surface area contributed by atoms with E-state index in [-0.39, 0.29) is 17.0 Å². The van der Waals surface area contributed by atoms with Crippen LogP contribution >= 0.6 is 15.9 Å². The molecule has 2 N–H and O–H groups in total. The van der Waals surface area contributed by atoms with Crippen molar-refractivity contribution in [1.29, 1.82) is 5.26 Å². The molecule has 0 aliphatic carbocycles. The van der Waals surface area contributed by atoms with E-state index in [4.69, 9.17) is 10.5 Å². The van der Waals surface area contributed by atoms with Crippen molar-refractivity contribution in [2.45, 2.75) is 19.4 Å². The van der Waals surface area contributed by atoms with Gasteiger partial charge in [0, 0.05) is 28.6 Å². The smallest absolute Gasteiger partial charge is 0.259 e. The van der Waals surface area contributed by atoms with Gasteiger partial charge in [0.25, 0.3) is 5.56 Å². The lowest BCUT2D eigenvalue weighted by Crippen LogP contribution is -2.33. The van der Waals surface area contributed by atoms with Crippen LogP contribution in [0, 0.1) is 18.3 Å². The van der Waals surface area contributed by atoms with E-state index in [1.807, 2.05) is 43.3 Å². The van der Waals surface area contributed by atoms with Crippen LogP contribution in [-0.4, -0.2) is 9.55 Å². The molecule has 1 aliphatic heterocycles. The largest absolute Gasteiger partial charge is 0.440 e. The number of aryl methyl sites for hydroxylation is 1. The Kier molecular flexibility index (Phi) is 4.95. The fourth-order valence-corrected chi connectivity index (χ4v) is 4.09. The van der Waals surface area contributed by atoms with Gasteiger partial charge in [-0.2, -0.15) is 5.26 Å². The van der Waals surface area contributed by atoms with Gasteiger partial charge in [-0.15, -0.1) is 0 Å². The second kappa shape index (κ2) is 7.57. The van der Waals surface area contributed by atoms with Crippen LogP contribution < -0.4 is 16.0 Å². The summed E-state index contributed by atoms with van der Waals surface area (Å²) in [5.41, 5.74) is 8.87. The zero-order valence-electron chi connectivity index (χ0n) is 15.6. The predicted molar refractivity (Wildman–Crippen MR) is 112 cm³/mol. The lowest BCUT2D eigenvalue weighted by molar-refractivity contribution is 0.389. The van der Waals surface area contributed by atoms with E-state index < -0.39 is 5.92 Å². The third-order valence-electron chi connectivity index (χ3n) is 4.97. The Balaban J connectivity index is 1.96. The average Bonchev–Trinajstić information content (AvgIpc) is 2.71. The Hall–Kier alpha value is -3.37. The van der Waals surface area contributed by atoms with Gasteiger partial charge in [0.2, 0.25) is 5.88 Å². The Bertz CT molecular complexity index is 1230. The number of fused-ring (bicyclic) bond motifs is 1. The molecule has 4 rings (SSSR count). The summed E-state index contributed by atoms with van der Waals surface area (Å²) in [6, 6.07) is 15.2. The second-order valence-electron chi connectivity index (χ2n) is 6.76. The minimum atomic E-state index is -0.618. The summed E-state index contributed by atoms with van der Waals surface area (Å²) in [7, 11) is 0. The number of pyridine rings is 2. The molecule has 144 valence electrons. The number of rotatable bonds is 3. The van der Waals surface area contributed by atoms with Gasteiger partial charge in [0.15, 0.2) is 0 Å². The number of nitrogens with zero attached hydrogens (tertiary/aromatic N) is 3. The normalized spacial score (nSPS) is 15.4. The quantitative estimate of drug-likeness (QED) is 0.660. The van der Waals surface area contributed by atoms with Gasteiger partial charge in [-0.3, -0.25) is 9.78 Å². The van der Waals surface area contributed by atoms with Crippen LogP contribution in [0.3, 0.4) is 0 Å². The number of ether oxygens (including phenoxy) is 1. The molecule has 1 aromatic carbocycles. The molecule has 7 heteroatoms. The molecule has 3 aromatic rings. The minimum Gasteiger partial charge on any atom is -0.440 e. The second-order valence-corrected chi connectivity index (χ2v) is 7.62. The van der Waals surface area contributed by atoms with Crippen LogP contribution in [0.4, 0.5) is 0 Å². The molecule has 0 saturated heterocycles. The van der Waals surface area contributed by atoms with E-state index in [2.05, 4.69) is 27.0 Å². The standard InChI is InChI=1S/C22H17BrN4O2/c1-13-9-18-20(22(28)27(13)12-14-5-4-8-26-11-14)19(16(10-24)21(25)29-18)15-6-2-3-7-17(15)23/h2-9,11,19H,12,25H2,1H3/t19-/m0/s1. The number of hydrogen-bond donors (Lipinski definition) is 1. The summed E-state index contributed by atoms with van der Waals surface area (Å²) >= 11 is 3.54.